The monoisotopic (exact) mass is 447 g/mol. The van der Waals surface area contributed by atoms with Crippen molar-refractivity contribution in [3.8, 4) is 0 Å². The van der Waals surface area contributed by atoms with E-state index in [2.05, 4.69) is 20.1 Å². The van der Waals surface area contributed by atoms with Crippen LogP contribution < -0.4 is 10.0 Å². The lowest BCUT2D eigenvalue weighted by Crippen LogP contribution is -2.23. The zero-order chi connectivity index (χ0) is 22.4. The first-order chi connectivity index (χ1) is 15.5. The van der Waals surface area contributed by atoms with Gasteiger partial charge < -0.3 is 5.32 Å². The second-order valence-electron chi connectivity index (χ2n) is 7.09. The van der Waals surface area contributed by atoms with Crippen LogP contribution in [0.3, 0.4) is 0 Å². The fourth-order valence-corrected chi connectivity index (χ4v) is 4.21. The molecule has 162 valence electrons. The van der Waals surface area contributed by atoms with Crippen LogP contribution in [0.15, 0.2) is 96.4 Å². The number of carbonyl (C=O) groups excluding carboxylic acids is 1. The van der Waals surface area contributed by atoms with Crippen LogP contribution >= 0.6 is 0 Å². The SMILES string of the molecule is O=C(NCc1cccc(Cn2cncn2)c1)c1ccc(NS(=O)(=O)c2ccccc2)cc1. The largest absolute Gasteiger partial charge is 0.348 e. The van der Waals surface area contributed by atoms with Gasteiger partial charge >= 0.3 is 0 Å². The Morgan fingerprint density at radius 1 is 0.906 bits per heavy atom. The summed E-state index contributed by atoms with van der Waals surface area (Å²) in [5.74, 6) is -0.246. The molecule has 0 saturated heterocycles. The maximum Gasteiger partial charge on any atom is 0.261 e. The van der Waals surface area contributed by atoms with Crippen LogP contribution in [0, 0.1) is 0 Å². The number of nitrogens with one attached hydrogen (secondary N) is 2. The van der Waals surface area contributed by atoms with Gasteiger partial charge in [0.25, 0.3) is 15.9 Å². The molecule has 4 rings (SSSR count). The topological polar surface area (TPSA) is 106 Å². The van der Waals surface area contributed by atoms with E-state index in [0.717, 1.165) is 11.1 Å². The van der Waals surface area contributed by atoms with Gasteiger partial charge in [-0.1, -0.05) is 42.5 Å². The molecule has 0 aliphatic carbocycles. The molecule has 0 fully saturated rings. The summed E-state index contributed by atoms with van der Waals surface area (Å²) in [4.78, 5) is 16.6. The van der Waals surface area contributed by atoms with Crippen molar-refractivity contribution in [2.24, 2.45) is 0 Å². The summed E-state index contributed by atoms with van der Waals surface area (Å²) in [6.45, 7) is 0.967. The van der Waals surface area contributed by atoms with Crippen molar-refractivity contribution in [3.63, 3.8) is 0 Å². The minimum atomic E-state index is -3.68. The van der Waals surface area contributed by atoms with Gasteiger partial charge in [-0.25, -0.2) is 18.1 Å². The summed E-state index contributed by atoms with van der Waals surface area (Å²) in [5, 5.41) is 6.98. The fourth-order valence-electron chi connectivity index (χ4n) is 3.13. The van der Waals surface area contributed by atoms with Crippen LogP contribution in [-0.4, -0.2) is 29.1 Å². The Bertz CT molecular complexity index is 1290. The van der Waals surface area contributed by atoms with Crippen molar-refractivity contribution in [2.75, 3.05) is 4.72 Å². The summed E-state index contributed by atoms with van der Waals surface area (Å²) in [6.07, 6.45) is 3.14. The average Bonchev–Trinajstić information content (AvgIpc) is 3.32. The van der Waals surface area contributed by atoms with Crippen LogP contribution in [0.5, 0.6) is 0 Å². The molecule has 8 nitrogen and oxygen atoms in total. The predicted octanol–water partition coefficient (Wildman–Crippen LogP) is 3.06. The van der Waals surface area contributed by atoms with Crippen molar-refractivity contribution in [1.29, 1.82) is 0 Å². The van der Waals surface area contributed by atoms with Gasteiger partial charge in [-0.3, -0.25) is 9.52 Å². The maximum absolute atomic E-state index is 12.5. The first-order valence-electron chi connectivity index (χ1n) is 9.86. The van der Waals surface area contributed by atoms with Crippen LogP contribution in [0.4, 0.5) is 5.69 Å². The van der Waals surface area contributed by atoms with Gasteiger partial charge in [-0.15, -0.1) is 0 Å². The van der Waals surface area contributed by atoms with Crippen LogP contribution in [0.1, 0.15) is 21.5 Å². The quantitative estimate of drug-likeness (QED) is 0.432. The van der Waals surface area contributed by atoms with Crippen LogP contribution in [-0.2, 0) is 23.1 Å². The zero-order valence-electron chi connectivity index (χ0n) is 17.0. The highest BCUT2D eigenvalue weighted by Crippen LogP contribution is 2.16. The van der Waals surface area contributed by atoms with Crippen molar-refractivity contribution in [3.05, 3.63) is 108 Å². The molecule has 0 atom stereocenters. The smallest absolute Gasteiger partial charge is 0.261 e. The highest BCUT2D eigenvalue weighted by Gasteiger charge is 2.14. The van der Waals surface area contributed by atoms with Gasteiger partial charge in [0.05, 0.1) is 11.4 Å². The van der Waals surface area contributed by atoms with E-state index in [9.17, 15) is 13.2 Å². The van der Waals surface area contributed by atoms with Gasteiger partial charge in [-0.05, 0) is 47.5 Å². The summed E-state index contributed by atoms with van der Waals surface area (Å²) in [7, 11) is -3.68. The number of benzene rings is 3. The first-order valence-corrected chi connectivity index (χ1v) is 11.3. The van der Waals surface area contributed by atoms with Gasteiger partial charge in [0, 0.05) is 17.8 Å². The number of amides is 1. The molecule has 0 aliphatic rings. The van der Waals surface area contributed by atoms with E-state index in [1.54, 1.807) is 53.5 Å². The fraction of sp³-hybridized carbons (Fsp3) is 0.0870. The van der Waals surface area contributed by atoms with Crippen molar-refractivity contribution in [2.45, 2.75) is 18.0 Å². The Morgan fingerprint density at radius 3 is 2.38 bits per heavy atom. The van der Waals surface area contributed by atoms with Gasteiger partial charge in [0.2, 0.25) is 0 Å². The highest BCUT2D eigenvalue weighted by molar-refractivity contribution is 7.92. The predicted molar refractivity (Wildman–Crippen MR) is 120 cm³/mol. The number of anilines is 1. The van der Waals surface area contributed by atoms with E-state index in [-0.39, 0.29) is 10.8 Å². The zero-order valence-corrected chi connectivity index (χ0v) is 17.9. The van der Waals surface area contributed by atoms with E-state index in [1.807, 2.05) is 24.3 Å². The molecule has 0 unspecified atom stereocenters. The number of hydrogen-bond acceptors (Lipinski definition) is 5. The molecule has 32 heavy (non-hydrogen) atoms. The van der Waals surface area contributed by atoms with Gasteiger partial charge in [-0.2, -0.15) is 5.10 Å². The first kappa shape index (κ1) is 21.3. The Kier molecular flexibility index (Phi) is 6.27. The Balaban J connectivity index is 1.35. The Morgan fingerprint density at radius 2 is 1.66 bits per heavy atom. The van der Waals surface area contributed by atoms with Crippen LogP contribution in [0.25, 0.3) is 0 Å². The second kappa shape index (κ2) is 9.44. The highest BCUT2D eigenvalue weighted by atomic mass is 32.2. The maximum atomic E-state index is 12.5. The molecule has 1 heterocycles. The third kappa shape index (κ3) is 5.38. The van der Waals surface area contributed by atoms with E-state index < -0.39 is 10.0 Å². The van der Waals surface area contributed by atoms with Crippen molar-refractivity contribution in [1.82, 2.24) is 20.1 Å². The lowest BCUT2D eigenvalue weighted by Gasteiger charge is -2.10. The number of sulfonamides is 1. The lowest BCUT2D eigenvalue weighted by molar-refractivity contribution is 0.0951. The van der Waals surface area contributed by atoms with Gasteiger partial charge in [0.1, 0.15) is 12.7 Å². The molecule has 0 bridgehead atoms. The molecule has 3 aromatic carbocycles. The summed E-state index contributed by atoms with van der Waals surface area (Å²) >= 11 is 0. The van der Waals surface area contributed by atoms with Crippen molar-refractivity contribution < 1.29 is 13.2 Å². The number of aromatic nitrogens is 3. The molecule has 0 saturated carbocycles. The third-order valence-corrected chi connectivity index (χ3v) is 6.11. The molecule has 0 radical (unpaired) electrons. The van der Waals surface area contributed by atoms with E-state index in [0.29, 0.717) is 24.3 Å². The van der Waals surface area contributed by atoms with E-state index in [1.165, 1.54) is 18.5 Å². The number of carbonyl (C=O) groups is 1. The van der Waals surface area contributed by atoms with E-state index in [4.69, 9.17) is 0 Å². The molecule has 0 aliphatic heterocycles. The van der Waals surface area contributed by atoms with Crippen LogP contribution in [0.2, 0.25) is 0 Å². The van der Waals surface area contributed by atoms with Crippen molar-refractivity contribution >= 4 is 21.6 Å². The minimum Gasteiger partial charge on any atom is -0.348 e. The summed E-state index contributed by atoms with van der Waals surface area (Å²) in [5.41, 5.74) is 2.83. The molecule has 4 aromatic rings. The second-order valence-corrected chi connectivity index (χ2v) is 8.77. The summed E-state index contributed by atoms with van der Waals surface area (Å²) < 4.78 is 29.1. The molecule has 9 heteroatoms. The third-order valence-electron chi connectivity index (χ3n) is 4.71. The van der Waals surface area contributed by atoms with Gasteiger partial charge in [0.15, 0.2) is 0 Å². The number of nitrogens with zero attached hydrogens (tertiary/aromatic N) is 3. The lowest BCUT2D eigenvalue weighted by atomic mass is 10.1. The molecule has 1 aromatic heterocycles. The van der Waals surface area contributed by atoms with E-state index >= 15 is 0 Å². The summed E-state index contributed by atoms with van der Waals surface area (Å²) in [6, 6.07) is 22.3. The number of hydrogen-bond donors (Lipinski definition) is 2. The average molecular weight is 448 g/mol. The molecule has 2 N–H and O–H groups in total. The minimum absolute atomic E-state index is 0.174. The number of rotatable bonds is 8. The Hall–Kier alpha value is -3.98. The molecule has 1 amide bonds. The molecule has 0 spiro atoms. The standard InChI is InChI=1S/C23H21N5O3S/c29-23(25-14-18-5-4-6-19(13-18)15-28-17-24-16-26-28)20-9-11-21(12-10-20)27-32(30,31)22-7-2-1-3-8-22/h1-13,16-17,27H,14-15H2,(H,25,29). The molecular weight excluding hydrogens is 426 g/mol. The molecular formula is C23H21N5O3S. The normalized spacial score (nSPS) is 11.1. The Labute approximate surface area is 186 Å².